The summed E-state index contributed by atoms with van der Waals surface area (Å²) in [5, 5.41) is 22.4. The van der Waals surface area contributed by atoms with Gasteiger partial charge < -0.3 is 9.52 Å². The van der Waals surface area contributed by atoms with E-state index in [4.69, 9.17) is 21.1 Å². The predicted molar refractivity (Wildman–Crippen MR) is 95.3 cm³/mol. The van der Waals surface area contributed by atoms with Gasteiger partial charge in [0.2, 0.25) is 5.16 Å². The van der Waals surface area contributed by atoms with Crippen molar-refractivity contribution in [2.75, 3.05) is 5.75 Å². The Balaban J connectivity index is 2.00. The van der Waals surface area contributed by atoms with Gasteiger partial charge in [-0.1, -0.05) is 35.5 Å². The van der Waals surface area contributed by atoms with Gasteiger partial charge in [-0.15, -0.1) is 10.2 Å². The Morgan fingerprint density at radius 2 is 2.28 bits per heavy atom. The minimum absolute atomic E-state index is 0.144. The Morgan fingerprint density at radius 1 is 1.44 bits per heavy atom. The van der Waals surface area contributed by atoms with Crippen LogP contribution in [-0.4, -0.2) is 37.9 Å². The Labute approximate surface area is 152 Å². The smallest absolute Gasteiger partial charge is 0.313 e. The molecular weight excluding hydrogens is 364 g/mol. The third-order valence-electron chi connectivity index (χ3n) is 3.21. The molecule has 0 aliphatic carbocycles. The SMILES string of the molecule is Cc1occc1-c1nnc(SCC(=O)O)n1/N=C\c1cccc(Cl)c1. The third-order valence-corrected chi connectivity index (χ3v) is 4.35. The van der Waals surface area contributed by atoms with Gasteiger partial charge in [-0.05, 0) is 30.7 Å². The zero-order chi connectivity index (χ0) is 17.8. The first-order valence-corrected chi connectivity index (χ1v) is 8.55. The minimum Gasteiger partial charge on any atom is -0.481 e. The molecule has 0 spiro atoms. The topological polar surface area (TPSA) is 93.5 Å². The molecule has 0 atom stereocenters. The number of hydrogen-bond acceptors (Lipinski definition) is 6. The Bertz CT molecular complexity index is 935. The van der Waals surface area contributed by atoms with E-state index < -0.39 is 5.97 Å². The summed E-state index contributed by atoms with van der Waals surface area (Å²) in [5.74, 6) is 0.0491. The summed E-state index contributed by atoms with van der Waals surface area (Å²) < 4.78 is 6.80. The number of aromatic nitrogens is 3. The number of nitrogens with zero attached hydrogens (tertiary/aromatic N) is 4. The molecule has 128 valence electrons. The lowest BCUT2D eigenvalue weighted by atomic mass is 10.2. The van der Waals surface area contributed by atoms with Crippen LogP contribution in [0.5, 0.6) is 0 Å². The lowest BCUT2D eigenvalue weighted by Crippen LogP contribution is -2.01. The van der Waals surface area contributed by atoms with Crippen LogP contribution in [0.15, 0.2) is 51.3 Å². The third kappa shape index (κ3) is 4.09. The molecule has 0 unspecified atom stereocenters. The van der Waals surface area contributed by atoms with Gasteiger partial charge in [-0.2, -0.15) is 9.78 Å². The van der Waals surface area contributed by atoms with Crippen molar-refractivity contribution in [3.63, 3.8) is 0 Å². The molecule has 0 saturated heterocycles. The number of benzene rings is 1. The highest BCUT2D eigenvalue weighted by Gasteiger charge is 2.18. The van der Waals surface area contributed by atoms with E-state index in [1.807, 2.05) is 12.1 Å². The number of furan rings is 1. The molecule has 0 saturated carbocycles. The number of thioether (sulfide) groups is 1. The summed E-state index contributed by atoms with van der Waals surface area (Å²) in [4.78, 5) is 10.8. The van der Waals surface area contributed by atoms with E-state index in [-0.39, 0.29) is 5.75 Å². The van der Waals surface area contributed by atoms with Gasteiger partial charge >= 0.3 is 5.97 Å². The van der Waals surface area contributed by atoms with Crippen LogP contribution in [0.3, 0.4) is 0 Å². The first-order chi connectivity index (χ1) is 12.0. The molecule has 9 heteroatoms. The van der Waals surface area contributed by atoms with E-state index in [1.165, 1.54) is 4.68 Å². The highest BCUT2D eigenvalue weighted by molar-refractivity contribution is 7.99. The van der Waals surface area contributed by atoms with Crippen LogP contribution in [0.4, 0.5) is 0 Å². The zero-order valence-corrected chi connectivity index (χ0v) is 14.7. The van der Waals surface area contributed by atoms with Crippen molar-refractivity contribution in [1.29, 1.82) is 0 Å². The molecule has 7 nitrogen and oxygen atoms in total. The molecule has 0 radical (unpaired) electrons. The molecule has 0 aliphatic rings. The molecule has 3 aromatic rings. The van der Waals surface area contributed by atoms with Gasteiger partial charge in [-0.25, -0.2) is 0 Å². The Morgan fingerprint density at radius 3 is 2.96 bits per heavy atom. The Hall–Kier alpha value is -2.58. The number of aliphatic carboxylic acids is 1. The molecule has 2 aromatic heterocycles. The van der Waals surface area contributed by atoms with Crippen molar-refractivity contribution in [2.45, 2.75) is 12.1 Å². The van der Waals surface area contributed by atoms with E-state index >= 15 is 0 Å². The van der Waals surface area contributed by atoms with Crippen molar-refractivity contribution in [3.8, 4) is 11.4 Å². The van der Waals surface area contributed by atoms with Gasteiger partial charge in [-0.3, -0.25) is 4.79 Å². The minimum atomic E-state index is -0.945. The van der Waals surface area contributed by atoms with E-state index in [2.05, 4.69) is 15.3 Å². The number of hydrogen-bond donors (Lipinski definition) is 1. The molecular formula is C16H13ClN4O3S. The average molecular weight is 377 g/mol. The van der Waals surface area contributed by atoms with Gasteiger partial charge in [0, 0.05) is 5.02 Å². The molecule has 0 amide bonds. The molecule has 25 heavy (non-hydrogen) atoms. The fourth-order valence-corrected chi connectivity index (χ4v) is 2.89. The van der Waals surface area contributed by atoms with Crippen molar-refractivity contribution < 1.29 is 14.3 Å². The summed E-state index contributed by atoms with van der Waals surface area (Å²) in [5.41, 5.74) is 1.53. The normalized spacial score (nSPS) is 11.3. The van der Waals surface area contributed by atoms with Crippen molar-refractivity contribution >= 4 is 35.5 Å². The van der Waals surface area contributed by atoms with Crippen molar-refractivity contribution in [3.05, 3.63) is 52.9 Å². The van der Waals surface area contributed by atoms with E-state index in [0.717, 1.165) is 22.9 Å². The van der Waals surface area contributed by atoms with Crippen LogP contribution in [0.1, 0.15) is 11.3 Å². The monoisotopic (exact) mass is 376 g/mol. The maximum atomic E-state index is 10.8. The second-order valence-corrected chi connectivity index (χ2v) is 6.37. The molecule has 2 heterocycles. The lowest BCUT2D eigenvalue weighted by Gasteiger charge is -2.03. The van der Waals surface area contributed by atoms with E-state index in [9.17, 15) is 4.79 Å². The predicted octanol–water partition coefficient (Wildman–Crippen LogP) is 3.56. The van der Waals surface area contributed by atoms with Crippen LogP contribution in [0.25, 0.3) is 11.4 Å². The van der Waals surface area contributed by atoms with Crippen LogP contribution in [-0.2, 0) is 4.79 Å². The summed E-state index contributed by atoms with van der Waals surface area (Å²) in [7, 11) is 0. The molecule has 0 fully saturated rings. The largest absolute Gasteiger partial charge is 0.481 e. The number of aryl methyl sites for hydroxylation is 1. The fraction of sp³-hybridized carbons (Fsp3) is 0.125. The van der Waals surface area contributed by atoms with Crippen LogP contribution >= 0.6 is 23.4 Å². The number of carboxylic acids is 1. The number of rotatable bonds is 6. The zero-order valence-electron chi connectivity index (χ0n) is 13.1. The summed E-state index contributed by atoms with van der Waals surface area (Å²) in [6, 6.07) is 8.97. The van der Waals surface area contributed by atoms with Crippen LogP contribution in [0.2, 0.25) is 5.02 Å². The second-order valence-electron chi connectivity index (χ2n) is 4.99. The summed E-state index contributed by atoms with van der Waals surface area (Å²) in [6.45, 7) is 1.80. The Kier molecular flexibility index (Phi) is 5.20. The average Bonchev–Trinajstić information content (AvgIpc) is 3.16. The van der Waals surface area contributed by atoms with Crippen molar-refractivity contribution in [2.24, 2.45) is 5.10 Å². The summed E-state index contributed by atoms with van der Waals surface area (Å²) >= 11 is 7.02. The molecule has 0 aliphatic heterocycles. The number of carboxylic acid groups (broad SMARTS) is 1. The van der Waals surface area contributed by atoms with E-state index in [0.29, 0.717) is 21.8 Å². The van der Waals surface area contributed by atoms with Crippen LogP contribution in [0, 0.1) is 6.92 Å². The van der Waals surface area contributed by atoms with Gasteiger partial charge in [0.05, 0.1) is 23.8 Å². The molecule has 3 rings (SSSR count). The van der Waals surface area contributed by atoms with E-state index in [1.54, 1.807) is 37.6 Å². The highest BCUT2D eigenvalue weighted by atomic mass is 35.5. The van der Waals surface area contributed by atoms with Gasteiger partial charge in [0.15, 0.2) is 5.82 Å². The maximum Gasteiger partial charge on any atom is 0.313 e. The number of carbonyl (C=O) groups is 1. The second kappa shape index (κ2) is 7.54. The standard InChI is InChI=1S/C16H13ClN4O3S/c1-10-13(5-6-24-10)15-19-20-16(25-9-14(22)23)21(15)18-8-11-3-2-4-12(17)7-11/h2-8H,9H2,1H3,(H,22,23)/b18-8-. The van der Waals surface area contributed by atoms with Crippen molar-refractivity contribution in [1.82, 2.24) is 14.9 Å². The first-order valence-electron chi connectivity index (χ1n) is 7.19. The molecule has 1 aromatic carbocycles. The lowest BCUT2D eigenvalue weighted by molar-refractivity contribution is -0.133. The summed E-state index contributed by atoms with van der Waals surface area (Å²) in [6.07, 6.45) is 3.16. The molecule has 0 bridgehead atoms. The first kappa shape index (κ1) is 17.2. The highest BCUT2D eigenvalue weighted by Crippen LogP contribution is 2.27. The van der Waals surface area contributed by atoms with Gasteiger partial charge in [0.1, 0.15) is 5.76 Å². The number of halogens is 1. The quantitative estimate of drug-likeness (QED) is 0.522. The van der Waals surface area contributed by atoms with Gasteiger partial charge in [0.25, 0.3) is 0 Å². The maximum absolute atomic E-state index is 10.8. The fourth-order valence-electron chi connectivity index (χ4n) is 2.08. The van der Waals surface area contributed by atoms with Crippen LogP contribution < -0.4 is 0 Å². The molecule has 1 N–H and O–H groups in total.